The van der Waals surface area contributed by atoms with Gasteiger partial charge in [-0.05, 0) is 56.1 Å². The van der Waals surface area contributed by atoms with Crippen molar-refractivity contribution in [1.29, 1.82) is 5.41 Å². The van der Waals surface area contributed by atoms with E-state index in [-0.39, 0.29) is 35.7 Å². The van der Waals surface area contributed by atoms with E-state index in [1.54, 1.807) is 29.2 Å². The van der Waals surface area contributed by atoms with E-state index >= 15 is 0 Å². The fraction of sp³-hybridized carbons (Fsp3) is 0.571. The molecule has 3 aliphatic rings. The second-order valence-corrected chi connectivity index (χ2v) is 14.0. The van der Waals surface area contributed by atoms with Crippen molar-refractivity contribution < 1.29 is 22.7 Å². The average Bonchev–Trinajstić information content (AvgIpc) is 3.61. The summed E-state index contributed by atoms with van der Waals surface area (Å²) in [6.07, 6.45) is 4.12. The van der Waals surface area contributed by atoms with E-state index in [9.17, 15) is 18.0 Å². The predicted octanol–water partition coefficient (Wildman–Crippen LogP) is 3.08. The molecule has 0 radical (unpaired) electrons. The summed E-state index contributed by atoms with van der Waals surface area (Å²) < 4.78 is 30.3. The maximum atomic E-state index is 14.0. The molecule has 13 nitrogen and oxygen atoms in total. The highest BCUT2D eigenvalue weighted by molar-refractivity contribution is 7.88. The second kappa shape index (κ2) is 12.7. The van der Waals surface area contributed by atoms with Crippen molar-refractivity contribution in [3.05, 3.63) is 35.2 Å². The van der Waals surface area contributed by atoms with Crippen LogP contribution in [-0.4, -0.2) is 96.5 Å². The quantitative estimate of drug-likeness (QED) is 0.277. The molecule has 234 valence electrons. The van der Waals surface area contributed by atoms with Gasteiger partial charge in [-0.3, -0.25) is 15.5 Å². The number of aromatic nitrogens is 2. The highest BCUT2D eigenvalue weighted by atomic mass is 35.5. The number of aromatic amines is 1. The van der Waals surface area contributed by atoms with E-state index in [2.05, 4.69) is 15.0 Å². The van der Waals surface area contributed by atoms with Gasteiger partial charge in [0.2, 0.25) is 15.9 Å². The van der Waals surface area contributed by atoms with Crippen LogP contribution in [0.5, 0.6) is 0 Å². The molecule has 4 heterocycles. The number of anilines is 1. The van der Waals surface area contributed by atoms with Crippen LogP contribution in [0.25, 0.3) is 11.3 Å². The molecule has 5 N–H and O–H groups in total. The lowest BCUT2D eigenvalue weighted by Gasteiger charge is -2.35. The summed E-state index contributed by atoms with van der Waals surface area (Å²) in [5.74, 6) is 1.02. The minimum atomic E-state index is -3.23. The number of ether oxygens (including phenoxy) is 1. The number of likely N-dealkylation sites (tertiary alicyclic amines) is 2. The molecule has 0 saturated carbocycles. The van der Waals surface area contributed by atoms with Crippen LogP contribution in [-0.2, 0) is 19.6 Å². The molecule has 2 unspecified atom stereocenters. The van der Waals surface area contributed by atoms with Crippen LogP contribution in [0, 0.1) is 23.2 Å². The number of guanidine groups is 1. The van der Waals surface area contributed by atoms with Crippen LogP contribution >= 0.6 is 11.6 Å². The number of carbonyl (C=O) groups excluding carboxylic acids is 2. The zero-order chi connectivity index (χ0) is 30.9. The Bertz CT molecular complexity index is 1450. The van der Waals surface area contributed by atoms with Gasteiger partial charge in [0.1, 0.15) is 16.7 Å². The van der Waals surface area contributed by atoms with E-state index in [0.717, 1.165) is 18.4 Å². The maximum Gasteiger partial charge on any atom is 0.411 e. The van der Waals surface area contributed by atoms with Crippen LogP contribution in [0.3, 0.4) is 0 Å². The van der Waals surface area contributed by atoms with Crippen molar-refractivity contribution in [1.82, 2.24) is 24.1 Å². The number of amides is 2. The summed E-state index contributed by atoms with van der Waals surface area (Å²) in [4.78, 5) is 37.4. The Morgan fingerprint density at radius 1 is 1.09 bits per heavy atom. The molecule has 43 heavy (non-hydrogen) atoms. The number of piperidine rings is 2. The fourth-order valence-electron chi connectivity index (χ4n) is 6.59. The average molecular weight is 635 g/mol. The van der Waals surface area contributed by atoms with Gasteiger partial charge in [0.05, 0.1) is 19.4 Å². The Hall–Kier alpha value is -3.36. The van der Waals surface area contributed by atoms with Crippen molar-refractivity contribution in [3.8, 4) is 11.3 Å². The van der Waals surface area contributed by atoms with Crippen molar-refractivity contribution >= 4 is 45.3 Å². The smallest absolute Gasteiger partial charge is 0.411 e. The first-order valence-electron chi connectivity index (χ1n) is 14.5. The van der Waals surface area contributed by atoms with Gasteiger partial charge in [-0.2, -0.15) is 0 Å². The predicted molar refractivity (Wildman–Crippen MR) is 163 cm³/mol. The molecule has 1 aromatic carbocycles. The molecular formula is C28H39ClN8O5S. The van der Waals surface area contributed by atoms with Crippen LogP contribution in [0.15, 0.2) is 24.3 Å². The van der Waals surface area contributed by atoms with Crippen molar-refractivity contribution in [2.75, 3.05) is 51.4 Å². The number of carbonyl (C=O) groups is 2. The van der Waals surface area contributed by atoms with Gasteiger partial charge in [-0.15, -0.1) is 0 Å². The lowest BCUT2D eigenvalue weighted by atomic mass is 9.83. The minimum Gasteiger partial charge on any atom is -0.453 e. The Balaban J connectivity index is 1.37. The third-order valence-electron chi connectivity index (χ3n) is 9.02. The highest BCUT2D eigenvalue weighted by Gasteiger charge is 2.44. The van der Waals surface area contributed by atoms with Gasteiger partial charge in [0.25, 0.3) is 0 Å². The lowest BCUT2D eigenvalue weighted by Crippen LogP contribution is -2.46. The third-order valence-corrected chi connectivity index (χ3v) is 10.6. The molecular weight excluding hydrogens is 596 g/mol. The first-order valence-corrected chi connectivity index (χ1v) is 16.7. The number of sulfonamides is 1. The Morgan fingerprint density at radius 2 is 1.74 bits per heavy atom. The van der Waals surface area contributed by atoms with E-state index in [4.69, 9.17) is 27.7 Å². The Labute approximate surface area is 256 Å². The summed E-state index contributed by atoms with van der Waals surface area (Å²) in [5, 5.41) is 10.7. The van der Waals surface area contributed by atoms with Crippen LogP contribution < -0.4 is 11.1 Å². The maximum absolute atomic E-state index is 14.0. The normalized spacial score (nSPS) is 22.5. The Morgan fingerprint density at radius 3 is 2.33 bits per heavy atom. The van der Waals surface area contributed by atoms with Crippen molar-refractivity contribution in [2.45, 2.75) is 38.1 Å². The molecule has 3 aliphatic heterocycles. The summed E-state index contributed by atoms with van der Waals surface area (Å²) in [6.45, 7) is 2.67. The number of rotatable bonds is 6. The number of halogens is 1. The zero-order valence-electron chi connectivity index (χ0n) is 24.4. The molecule has 0 aliphatic carbocycles. The molecule has 2 amide bonds. The van der Waals surface area contributed by atoms with Gasteiger partial charge < -0.3 is 25.3 Å². The summed E-state index contributed by atoms with van der Waals surface area (Å²) in [7, 11) is -1.93. The van der Waals surface area contributed by atoms with Crippen molar-refractivity contribution in [2.24, 2.45) is 23.5 Å². The van der Waals surface area contributed by atoms with E-state index < -0.39 is 16.1 Å². The minimum absolute atomic E-state index is 0.0253. The molecule has 3 saturated heterocycles. The van der Waals surface area contributed by atoms with Gasteiger partial charge >= 0.3 is 6.09 Å². The SMILES string of the molecule is COC(=O)Nc1ccc(-c2nc(C3CC(C4CCN(S(C)(=O)=O)CC4)CN3C(=O)C3CCN(C(=N)N)CC3)[nH]c2Cl)cc1. The van der Waals surface area contributed by atoms with Gasteiger partial charge in [-0.1, -0.05) is 23.7 Å². The highest BCUT2D eigenvalue weighted by Crippen LogP contribution is 2.43. The molecule has 3 fully saturated rings. The number of nitrogens with zero attached hydrogens (tertiary/aromatic N) is 4. The zero-order valence-corrected chi connectivity index (χ0v) is 26.0. The number of hydrogen-bond acceptors (Lipinski definition) is 7. The third kappa shape index (κ3) is 6.91. The number of nitrogens with one attached hydrogen (secondary N) is 3. The first kappa shape index (κ1) is 31.1. The van der Waals surface area contributed by atoms with Crippen molar-refractivity contribution in [3.63, 3.8) is 0 Å². The van der Waals surface area contributed by atoms with Crippen LogP contribution in [0.2, 0.25) is 5.15 Å². The van der Waals surface area contributed by atoms with Crippen LogP contribution in [0.4, 0.5) is 10.5 Å². The fourth-order valence-corrected chi connectivity index (χ4v) is 7.71. The lowest BCUT2D eigenvalue weighted by molar-refractivity contribution is -0.138. The van der Waals surface area contributed by atoms with Gasteiger partial charge in [0.15, 0.2) is 5.96 Å². The molecule has 2 atom stereocenters. The topological polar surface area (TPSA) is 178 Å². The standard InChI is InChI=1S/C28H39ClN8O5S/c1-42-28(39)32-21-5-3-18(4-6-21)23-24(29)34-25(33-23)22-15-20(17-9-13-36(14-10-17)43(2,40)41)16-37(22)26(38)19-7-11-35(12-8-19)27(30)31/h3-6,17,19-20,22H,7-16H2,1-2H3,(H3,30,31)(H,32,39)(H,33,34). The van der Waals surface area contributed by atoms with Gasteiger partial charge in [0, 0.05) is 49.9 Å². The Kier molecular flexibility index (Phi) is 9.18. The number of benzene rings is 1. The number of imidazole rings is 1. The van der Waals surface area contributed by atoms with E-state index in [0.29, 0.717) is 74.3 Å². The van der Waals surface area contributed by atoms with E-state index in [1.165, 1.54) is 17.7 Å². The first-order chi connectivity index (χ1) is 20.4. The molecule has 1 aromatic heterocycles. The second-order valence-electron chi connectivity index (χ2n) is 11.6. The van der Waals surface area contributed by atoms with Crippen LogP contribution in [0.1, 0.15) is 44.0 Å². The summed E-state index contributed by atoms with van der Waals surface area (Å²) >= 11 is 6.66. The summed E-state index contributed by atoms with van der Waals surface area (Å²) in [6, 6.07) is 6.76. The largest absolute Gasteiger partial charge is 0.453 e. The van der Waals surface area contributed by atoms with E-state index in [1.807, 2.05) is 4.90 Å². The number of nitrogens with two attached hydrogens (primary N) is 1. The number of methoxy groups -OCH3 is 1. The number of H-pyrrole nitrogens is 1. The molecule has 0 spiro atoms. The molecule has 5 rings (SSSR count). The number of hydrogen-bond donors (Lipinski definition) is 4. The molecule has 2 aromatic rings. The molecule has 15 heteroatoms. The van der Waals surface area contributed by atoms with Gasteiger partial charge in [-0.25, -0.2) is 22.5 Å². The summed E-state index contributed by atoms with van der Waals surface area (Å²) in [5.41, 5.74) is 7.54. The molecule has 0 bridgehead atoms. The monoisotopic (exact) mass is 634 g/mol.